The minimum absolute atomic E-state index is 0.118. The molecule has 1 aliphatic rings. The van der Waals surface area contributed by atoms with Gasteiger partial charge in [-0.2, -0.15) is 0 Å². The Labute approximate surface area is 175 Å². The van der Waals surface area contributed by atoms with Gasteiger partial charge in [0.1, 0.15) is 0 Å². The van der Waals surface area contributed by atoms with Gasteiger partial charge in [-0.05, 0) is 51.4 Å². The van der Waals surface area contributed by atoms with Crippen LogP contribution in [0.5, 0.6) is 0 Å². The van der Waals surface area contributed by atoms with Gasteiger partial charge >= 0.3 is 7.60 Å². The van der Waals surface area contributed by atoms with E-state index >= 15 is 0 Å². The van der Waals surface area contributed by atoms with Crippen molar-refractivity contribution in [2.75, 3.05) is 0 Å². The van der Waals surface area contributed by atoms with Crippen molar-refractivity contribution in [1.82, 2.24) is 0 Å². The van der Waals surface area contributed by atoms with Crippen LogP contribution in [0.15, 0.2) is 97.1 Å². The maximum absolute atomic E-state index is 12.5. The van der Waals surface area contributed by atoms with E-state index in [0.29, 0.717) is 6.42 Å². The lowest BCUT2D eigenvalue weighted by Crippen LogP contribution is -2.18. The molecular formula is C26H21O3P. The SMILES string of the molecule is O=P(O)(O)c1cccc(Cc2ccccc2)c1C1c2ccccc2-c2ccccc21. The van der Waals surface area contributed by atoms with Crippen molar-refractivity contribution in [3.8, 4) is 11.1 Å². The Morgan fingerprint density at radius 3 is 1.83 bits per heavy atom. The summed E-state index contributed by atoms with van der Waals surface area (Å²) in [7, 11) is -4.46. The first-order valence-electron chi connectivity index (χ1n) is 9.94. The van der Waals surface area contributed by atoms with Crippen LogP contribution >= 0.6 is 7.60 Å². The van der Waals surface area contributed by atoms with Gasteiger partial charge in [-0.25, -0.2) is 0 Å². The molecule has 148 valence electrons. The molecule has 0 bridgehead atoms. The molecule has 0 fully saturated rings. The molecule has 0 aromatic heterocycles. The quantitative estimate of drug-likeness (QED) is 0.397. The Morgan fingerprint density at radius 1 is 0.667 bits per heavy atom. The Balaban J connectivity index is 1.79. The van der Waals surface area contributed by atoms with Crippen LogP contribution in [0.1, 0.15) is 33.7 Å². The lowest BCUT2D eigenvalue weighted by molar-refractivity contribution is 0.387. The fraction of sp³-hybridized carbons (Fsp3) is 0.0769. The first-order valence-corrected chi connectivity index (χ1v) is 11.6. The van der Waals surface area contributed by atoms with E-state index in [4.69, 9.17) is 0 Å². The largest absolute Gasteiger partial charge is 0.356 e. The molecule has 0 saturated carbocycles. The summed E-state index contributed by atoms with van der Waals surface area (Å²) in [4.78, 5) is 20.5. The molecule has 0 saturated heterocycles. The smallest absolute Gasteiger partial charge is 0.321 e. The zero-order chi connectivity index (χ0) is 20.7. The van der Waals surface area contributed by atoms with Crippen molar-refractivity contribution in [2.45, 2.75) is 12.3 Å². The summed E-state index contributed by atoms with van der Waals surface area (Å²) in [5, 5.41) is 0.118. The van der Waals surface area contributed by atoms with Gasteiger partial charge in [0, 0.05) is 5.92 Å². The molecule has 4 heteroatoms. The van der Waals surface area contributed by atoms with Crippen LogP contribution in [-0.4, -0.2) is 9.79 Å². The normalized spacial score (nSPS) is 13.1. The second-order valence-electron chi connectivity index (χ2n) is 7.66. The van der Waals surface area contributed by atoms with Crippen molar-refractivity contribution in [3.63, 3.8) is 0 Å². The molecular weight excluding hydrogens is 391 g/mol. The second kappa shape index (κ2) is 7.37. The highest BCUT2D eigenvalue weighted by Gasteiger charge is 2.35. The summed E-state index contributed by atoms with van der Waals surface area (Å²) in [6, 6.07) is 31.7. The predicted molar refractivity (Wildman–Crippen MR) is 120 cm³/mol. The summed E-state index contributed by atoms with van der Waals surface area (Å²) in [5.74, 6) is -0.208. The van der Waals surface area contributed by atoms with Crippen molar-refractivity contribution in [1.29, 1.82) is 0 Å². The third-order valence-electron chi connectivity index (χ3n) is 5.85. The number of fused-ring (bicyclic) bond motifs is 3. The summed E-state index contributed by atoms with van der Waals surface area (Å²) in [6.07, 6.45) is 0.616. The van der Waals surface area contributed by atoms with Gasteiger partial charge in [0.25, 0.3) is 0 Å². The molecule has 0 amide bonds. The van der Waals surface area contributed by atoms with Gasteiger partial charge in [-0.3, -0.25) is 4.57 Å². The Kier molecular flexibility index (Phi) is 4.67. The minimum atomic E-state index is -4.46. The van der Waals surface area contributed by atoms with E-state index in [-0.39, 0.29) is 11.2 Å². The molecule has 0 radical (unpaired) electrons. The standard InChI is InChI=1S/C26H21O3P/c27-30(28,29)24-16-8-11-19(17-18-9-2-1-3-10-18)25(24)26-22-14-6-4-12-20(22)21-13-5-7-15-23(21)26/h1-16,26H,17H2,(H2,27,28,29). The molecule has 30 heavy (non-hydrogen) atoms. The molecule has 0 atom stereocenters. The Morgan fingerprint density at radius 2 is 1.23 bits per heavy atom. The van der Waals surface area contributed by atoms with Crippen LogP contribution in [0.2, 0.25) is 0 Å². The maximum atomic E-state index is 12.5. The van der Waals surface area contributed by atoms with E-state index in [9.17, 15) is 14.4 Å². The Bertz CT molecular complexity index is 1230. The molecule has 5 rings (SSSR count). The fourth-order valence-corrected chi connectivity index (χ4v) is 5.49. The average Bonchev–Trinajstić information content (AvgIpc) is 3.08. The molecule has 4 aromatic rings. The highest BCUT2D eigenvalue weighted by atomic mass is 31.2. The molecule has 3 nitrogen and oxygen atoms in total. The number of rotatable bonds is 4. The van der Waals surface area contributed by atoms with Gasteiger partial charge in [0.2, 0.25) is 0 Å². The van der Waals surface area contributed by atoms with Crippen LogP contribution in [0, 0.1) is 0 Å². The van der Waals surface area contributed by atoms with E-state index in [1.165, 1.54) is 0 Å². The topological polar surface area (TPSA) is 57.5 Å². The lowest BCUT2D eigenvalue weighted by atomic mass is 9.84. The molecule has 0 heterocycles. The third-order valence-corrected chi connectivity index (χ3v) is 6.86. The summed E-state index contributed by atoms with van der Waals surface area (Å²) in [6.45, 7) is 0. The van der Waals surface area contributed by atoms with Gasteiger partial charge in [0.15, 0.2) is 0 Å². The highest BCUT2D eigenvalue weighted by molar-refractivity contribution is 7.60. The van der Waals surface area contributed by atoms with E-state index < -0.39 is 7.60 Å². The van der Waals surface area contributed by atoms with Crippen molar-refractivity contribution in [2.24, 2.45) is 0 Å². The maximum Gasteiger partial charge on any atom is 0.356 e. The molecule has 4 aromatic carbocycles. The van der Waals surface area contributed by atoms with E-state index in [1.54, 1.807) is 12.1 Å². The first kappa shape index (κ1) is 19.0. The second-order valence-corrected chi connectivity index (χ2v) is 9.23. The fourth-order valence-electron chi connectivity index (χ4n) is 4.62. The van der Waals surface area contributed by atoms with Gasteiger partial charge in [0.05, 0.1) is 5.30 Å². The minimum Gasteiger partial charge on any atom is -0.321 e. The summed E-state index contributed by atoms with van der Waals surface area (Å²) >= 11 is 0. The van der Waals surface area contributed by atoms with Crippen LogP contribution in [0.4, 0.5) is 0 Å². The summed E-state index contributed by atoms with van der Waals surface area (Å²) in [5.41, 5.74) is 7.23. The number of hydrogen-bond acceptors (Lipinski definition) is 1. The van der Waals surface area contributed by atoms with Gasteiger partial charge in [-0.15, -0.1) is 0 Å². The zero-order valence-electron chi connectivity index (χ0n) is 16.3. The van der Waals surface area contributed by atoms with Gasteiger partial charge < -0.3 is 9.79 Å². The molecule has 0 unspecified atom stereocenters. The third kappa shape index (κ3) is 3.22. The summed E-state index contributed by atoms with van der Waals surface area (Å²) < 4.78 is 12.5. The number of benzene rings is 4. The molecule has 0 spiro atoms. The van der Waals surface area contributed by atoms with Crippen molar-refractivity contribution < 1.29 is 14.4 Å². The Hall–Kier alpha value is -2.97. The predicted octanol–water partition coefficient (Wildman–Crippen LogP) is 5.24. The zero-order valence-corrected chi connectivity index (χ0v) is 17.2. The van der Waals surface area contributed by atoms with Crippen LogP contribution in [-0.2, 0) is 11.0 Å². The van der Waals surface area contributed by atoms with Crippen LogP contribution in [0.25, 0.3) is 11.1 Å². The lowest BCUT2D eigenvalue weighted by Gasteiger charge is -2.23. The first-order chi connectivity index (χ1) is 14.5. The highest BCUT2D eigenvalue weighted by Crippen LogP contribution is 2.50. The average molecular weight is 412 g/mol. The van der Waals surface area contributed by atoms with Gasteiger partial charge in [-0.1, -0.05) is 91.0 Å². The number of hydrogen-bond donors (Lipinski definition) is 2. The van der Waals surface area contributed by atoms with Crippen LogP contribution in [0.3, 0.4) is 0 Å². The molecule has 1 aliphatic carbocycles. The van der Waals surface area contributed by atoms with Crippen molar-refractivity contribution >= 4 is 12.9 Å². The van der Waals surface area contributed by atoms with Crippen LogP contribution < -0.4 is 5.30 Å². The van der Waals surface area contributed by atoms with Crippen molar-refractivity contribution in [3.05, 3.63) is 125 Å². The monoisotopic (exact) mass is 412 g/mol. The molecule has 0 aliphatic heterocycles. The van der Waals surface area contributed by atoms with E-state index in [2.05, 4.69) is 24.3 Å². The molecule has 2 N–H and O–H groups in total. The van der Waals surface area contributed by atoms with E-state index in [1.807, 2.05) is 60.7 Å². The van der Waals surface area contributed by atoms with E-state index in [0.717, 1.165) is 38.9 Å².